The summed E-state index contributed by atoms with van der Waals surface area (Å²) in [6.45, 7) is 0.138. The van der Waals surface area contributed by atoms with Gasteiger partial charge < -0.3 is 9.30 Å². The van der Waals surface area contributed by atoms with Crippen LogP contribution in [0.2, 0.25) is 0 Å². The summed E-state index contributed by atoms with van der Waals surface area (Å²) < 4.78 is 9.30. The average Bonchev–Trinajstić information content (AvgIpc) is 3.47. The molecule has 0 N–H and O–H groups in total. The van der Waals surface area contributed by atoms with Crippen molar-refractivity contribution in [2.24, 2.45) is 0 Å². The van der Waals surface area contributed by atoms with Crippen LogP contribution < -0.4 is 21.1 Å². The molecule has 0 amide bonds. The summed E-state index contributed by atoms with van der Waals surface area (Å²) in [4.78, 5) is 2.55. The summed E-state index contributed by atoms with van der Waals surface area (Å²) in [5.74, 6) is 1.87. The van der Waals surface area contributed by atoms with E-state index in [4.69, 9.17) is 4.74 Å². The maximum Gasteiger partial charge on any atom is 0.253 e. The second-order valence-electron chi connectivity index (χ2n) is 12.0. The van der Waals surface area contributed by atoms with Crippen LogP contribution in [0, 0.1) is 0 Å². The van der Waals surface area contributed by atoms with Gasteiger partial charge in [0.15, 0.2) is 0 Å². The van der Waals surface area contributed by atoms with Crippen molar-refractivity contribution in [3.8, 4) is 39.4 Å². The minimum Gasteiger partial charge on any atom is -0.458 e. The van der Waals surface area contributed by atoms with Crippen molar-refractivity contribution in [3.63, 3.8) is 0 Å². The van der Waals surface area contributed by atoms with Crippen molar-refractivity contribution in [1.29, 1.82) is 0 Å². The van der Waals surface area contributed by atoms with Gasteiger partial charge in [0.05, 0.1) is 16.7 Å². The number of benzene rings is 7. The second kappa shape index (κ2) is 10.0. The van der Waals surface area contributed by atoms with Gasteiger partial charge >= 0.3 is 0 Å². The fourth-order valence-corrected chi connectivity index (χ4v) is 8.78. The minimum absolute atomic E-state index is 0.138. The van der Waals surface area contributed by atoms with Gasteiger partial charge in [0.25, 0.3) is 6.71 Å². The third-order valence-electron chi connectivity index (χ3n) is 9.51. The summed E-state index contributed by atoms with van der Waals surface area (Å²) in [6.07, 6.45) is 0. The zero-order valence-corrected chi connectivity index (χ0v) is 25.7. The monoisotopic (exact) mass is 603 g/mol. The third kappa shape index (κ3) is 3.74. The Balaban J connectivity index is 1.33. The van der Waals surface area contributed by atoms with Gasteiger partial charge in [-0.25, -0.2) is 0 Å². The largest absolute Gasteiger partial charge is 0.458 e. The number of ether oxygens (including phenoxy) is 1. The Morgan fingerprint density at radius 1 is 0.478 bits per heavy atom. The smallest absolute Gasteiger partial charge is 0.253 e. The molecular formula is C42H26BNOS. The highest BCUT2D eigenvalue weighted by atomic mass is 32.2. The summed E-state index contributed by atoms with van der Waals surface area (Å²) >= 11 is 1.85. The van der Waals surface area contributed by atoms with E-state index in [0.29, 0.717) is 0 Å². The van der Waals surface area contributed by atoms with Gasteiger partial charge in [-0.3, -0.25) is 0 Å². The first kappa shape index (κ1) is 25.8. The van der Waals surface area contributed by atoms with E-state index in [1.165, 1.54) is 70.2 Å². The first-order valence-corrected chi connectivity index (χ1v) is 16.5. The van der Waals surface area contributed by atoms with Crippen LogP contribution >= 0.6 is 11.8 Å². The quantitative estimate of drug-likeness (QED) is 0.187. The molecule has 4 heteroatoms. The Morgan fingerprint density at radius 2 is 1.07 bits per heavy atom. The molecule has 0 bridgehead atoms. The summed E-state index contributed by atoms with van der Waals surface area (Å²) in [5.41, 5.74) is 12.2. The lowest BCUT2D eigenvalue weighted by Gasteiger charge is -2.33. The molecule has 214 valence electrons. The molecule has 2 aliphatic rings. The Hall–Kier alpha value is -5.45. The molecule has 10 rings (SSSR count). The molecule has 7 aromatic carbocycles. The normalized spacial score (nSPS) is 12.8. The van der Waals surface area contributed by atoms with Crippen LogP contribution in [0.4, 0.5) is 0 Å². The van der Waals surface area contributed by atoms with Crippen molar-refractivity contribution >= 4 is 56.7 Å². The number of fused-ring (bicyclic) bond motifs is 7. The number of nitrogens with zero attached hydrogens (tertiary/aromatic N) is 1. The molecule has 3 heterocycles. The molecule has 0 radical (unpaired) electrons. The van der Waals surface area contributed by atoms with Crippen LogP contribution in [0.3, 0.4) is 0 Å². The van der Waals surface area contributed by atoms with Crippen molar-refractivity contribution in [2.75, 3.05) is 0 Å². The van der Waals surface area contributed by atoms with Gasteiger partial charge in [-0.05, 0) is 40.3 Å². The topological polar surface area (TPSA) is 14.2 Å². The van der Waals surface area contributed by atoms with E-state index >= 15 is 0 Å². The van der Waals surface area contributed by atoms with Gasteiger partial charge in [0.1, 0.15) is 11.5 Å². The van der Waals surface area contributed by atoms with E-state index in [0.717, 1.165) is 17.2 Å². The van der Waals surface area contributed by atoms with Crippen molar-refractivity contribution in [3.05, 3.63) is 158 Å². The van der Waals surface area contributed by atoms with Gasteiger partial charge in [-0.2, -0.15) is 0 Å². The van der Waals surface area contributed by atoms with Crippen molar-refractivity contribution in [1.82, 2.24) is 4.57 Å². The Kier molecular flexibility index (Phi) is 5.64. The molecule has 0 fully saturated rings. The Bertz CT molecular complexity index is 2320. The van der Waals surface area contributed by atoms with Crippen LogP contribution in [0.25, 0.3) is 49.7 Å². The molecule has 2 nitrogen and oxygen atoms in total. The molecule has 0 saturated heterocycles. The van der Waals surface area contributed by atoms with E-state index in [1.807, 2.05) is 11.8 Å². The fourth-order valence-electron chi connectivity index (χ4n) is 7.58. The van der Waals surface area contributed by atoms with Gasteiger partial charge in [0.2, 0.25) is 0 Å². The van der Waals surface area contributed by atoms with Crippen LogP contribution in [-0.4, -0.2) is 11.3 Å². The summed E-state index contributed by atoms with van der Waals surface area (Å²) in [7, 11) is 0. The summed E-state index contributed by atoms with van der Waals surface area (Å²) in [6, 6.07) is 57.0. The summed E-state index contributed by atoms with van der Waals surface area (Å²) in [5, 5.41) is 2.48. The highest BCUT2D eigenvalue weighted by molar-refractivity contribution is 8.00. The van der Waals surface area contributed by atoms with Crippen molar-refractivity contribution < 1.29 is 4.74 Å². The van der Waals surface area contributed by atoms with Crippen LogP contribution in [0.15, 0.2) is 168 Å². The molecule has 0 unspecified atom stereocenters. The highest BCUT2D eigenvalue weighted by Crippen LogP contribution is 2.44. The van der Waals surface area contributed by atoms with E-state index in [9.17, 15) is 0 Å². The van der Waals surface area contributed by atoms with E-state index < -0.39 is 0 Å². The molecule has 0 atom stereocenters. The number of hydrogen-bond acceptors (Lipinski definition) is 2. The zero-order valence-electron chi connectivity index (χ0n) is 24.9. The Morgan fingerprint density at radius 3 is 1.74 bits per heavy atom. The number of hydrogen-bond donors (Lipinski definition) is 0. The van der Waals surface area contributed by atoms with Crippen LogP contribution in [0.1, 0.15) is 0 Å². The SMILES string of the molecule is c1ccc(-c2cccc3c4cccc(-c5ccccc5)c4n(-c4cc5c6c(c4)Sc4ccccc4B6c4ccccc4O5)c23)cc1. The maximum absolute atomic E-state index is 6.81. The van der Waals surface area contributed by atoms with Gasteiger partial charge in [-0.15, -0.1) is 0 Å². The lowest BCUT2D eigenvalue weighted by molar-refractivity contribution is 0.486. The second-order valence-corrected chi connectivity index (χ2v) is 13.1. The lowest BCUT2D eigenvalue weighted by atomic mass is 9.35. The van der Waals surface area contributed by atoms with Gasteiger partial charge in [0, 0.05) is 37.8 Å². The molecular weight excluding hydrogens is 577 g/mol. The molecule has 1 aromatic heterocycles. The van der Waals surface area contributed by atoms with E-state index in [1.54, 1.807) is 0 Å². The first-order valence-electron chi connectivity index (χ1n) is 15.7. The number of rotatable bonds is 3. The zero-order chi connectivity index (χ0) is 30.2. The fraction of sp³-hybridized carbons (Fsp3) is 0. The number of aromatic nitrogens is 1. The van der Waals surface area contributed by atoms with Crippen LogP contribution in [-0.2, 0) is 0 Å². The Labute approximate surface area is 272 Å². The standard InChI is InChI=1S/C42H26BNOS/c1-3-13-27(14-4-1)30-17-11-19-32-33-20-12-18-31(28-15-5-2-6-16-28)42(33)44(41(30)32)29-25-37-40-39(26-29)46-38-24-10-8-22-35(38)43(40)34-21-7-9-23-36(34)45-37/h1-26H. The molecule has 46 heavy (non-hydrogen) atoms. The van der Waals surface area contributed by atoms with E-state index in [-0.39, 0.29) is 6.71 Å². The predicted octanol–water partition coefficient (Wildman–Crippen LogP) is 9.20. The minimum atomic E-state index is 0.138. The third-order valence-corrected chi connectivity index (χ3v) is 10.7. The number of para-hydroxylation sites is 3. The maximum atomic E-state index is 6.81. The predicted molar refractivity (Wildman–Crippen MR) is 193 cm³/mol. The van der Waals surface area contributed by atoms with Gasteiger partial charge in [-0.1, -0.05) is 151 Å². The van der Waals surface area contributed by atoms with Crippen LogP contribution in [0.5, 0.6) is 11.5 Å². The molecule has 2 aliphatic heterocycles. The highest BCUT2D eigenvalue weighted by Gasteiger charge is 2.39. The van der Waals surface area contributed by atoms with Crippen molar-refractivity contribution in [2.45, 2.75) is 9.79 Å². The molecule has 0 saturated carbocycles. The molecule has 0 aliphatic carbocycles. The van der Waals surface area contributed by atoms with E-state index in [2.05, 4.69) is 162 Å². The average molecular weight is 604 g/mol. The molecule has 8 aromatic rings. The lowest BCUT2D eigenvalue weighted by Crippen LogP contribution is -2.57. The molecule has 0 spiro atoms. The first-order chi connectivity index (χ1) is 22.8.